The zero-order chi connectivity index (χ0) is 18.4. The number of nitrogens with zero attached hydrogens (tertiary/aromatic N) is 3. The summed E-state index contributed by atoms with van der Waals surface area (Å²) in [6.45, 7) is 2.60. The first kappa shape index (κ1) is 17.9. The Kier molecular flexibility index (Phi) is 5.85. The number of rotatable bonds is 7. The molecule has 2 aromatic rings. The van der Waals surface area contributed by atoms with Crippen LogP contribution >= 0.6 is 0 Å². The van der Waals surface area contributed by atoms with Crippen LogP contribution in [0.15, 0.2) is 30.6 Å². The summed E-state index contributed by atoms with van der Waals surface area (Å²) >= 11 is 0. The van der Waals surface area contributed by atoms with E-state index in [2.05, 4.69) is 25.5 Å². The van der Waals surface area contributed by atoms with Crippen molar-refractivity contribution in [2.75, 3.05) is 45.7 Å². The molecule has 1 aromatic heterocycles. The van der Waals surface area contributed by atoms with Crippen LogP contribution in [-0.4, -0.2) is 61.2 Å². The summed E-state index contributed by atoms with van der Waals surface area (Å²) in [5.41, 5.74) is 1.12. The lowest BCUT2D eigenvalue weighted by atomic mass is 10.2. The highest BCUT2D eigenvalue weighted by molar-refractivity contribution is 5.92. The molecule has 2 N–H and O–H groups in total. The third kappa shape index (κ3) is 4.82. The fourth-order valence-electron chi connectivity index (χ4n) is 2.51. The monoisotopic (exact) mass is 357 g/mol. The van der Waals surface area contributed by atoms with E-state index in [1.165, 1.54) is 6.33 Å². The molecule has 0 fully saturated rings. The summed E-state index contributed by atoms with van der Waals surface area (Å²) in [6, 6.07) is 7.18. The number of carbonyl (C=O) groups excluding carboxylic acids is 1. The molecule has 8 nitrogen and oxygen atoms in total. The minimum atomic E-state index is -0.212. The first-order valence-corrected chi connectivity index (χ1v) is 8.53. The first-order chi connectivity index (χ1) is 12.6. The Balaban J connectivity index is 1.61. The van der Waals surface area contributed by atoms with Gasteiger partial charge >= 0.3 is 0 Å². The molecule has 26 heavy (non-hydrogen) atoms. The SMILES string of the molecule is CN(C)CCCNC(=O)c1cc(Nc2ccc3c(c2)OCCO3)ncn1. The number of ether oxygens (including phenoxy) is 2. The van der Waals surface area contributed by atoms with Gasteiger partial charge in [-0.15, -0.1) is 0 Å². The highest BCUT2D eigenvalue weighted by Gasteiger charge is 2.13. The first-order valence-electron chi connectivity index (χ1n) is 8.53. The molecular formula is C18H23N5O3. The van der Waals surface area contributed by atoms with Crippen LogP contribution in [0.25, 0.3) is 0 Å². The second-order valence-electron chi connectivity index (χ2n) is 6.18. The molecule has 3 rings (SSSR count). The van der Waals surface area contributed by atoms with Gasteiger partial charge in [0.1, 0.15) is 31.1 Å². The molecule has 0 saturated heterocycles. The van der Waals surface area contributed by atoms with Crippen molar-refractivity contribution in [3.05, 3.63) is 36.3 Å². The van der Waals surface area contributed by atoms with Crippen LogP contribution in [0.5, 0.6) is 11.5 Å². The number of hydrogen-bond donors (Lipinski definition) is 2. The fraction of sp³-hybridized carbons (Fsp3) is 0.389. The van der Waals surface area contributed by atoms with Gasteiger partial charge in [-0.1, -0.05) is 0 Å². The Labute approximate surface area is 152 Å². The molecule has 138 valence electrons. The molecule has 1 aliphatic rings. The van der Waals surface area contributed by atoms with Crippen molar-refractivity contribution in [3.8, 4) is 11.5 Å². The number of hydrogen-bond acceptors (Lipinski definition) is 7. The van der Waals surface area contributed by atoms with E-state index < -0.39 is 0 Å². The predicted molar refractivity (Wildman–Crippen MR) is 98.3 cm³/mol. The van der Waals surface area contributed by atoms with E-state index in [1.807, 2.05) is 32.3 Å². The van der Waals surface area contributed by atoms with E-state index in [9.17, 15) is 4.79 Å². The van der Waals surface area contributed by atoms with E-state index in [-0.39, 0.29) is 5.91 Å². The summed E-state index contributed by atoms with van der Waals surface area (Å²) in [6.07, 6.45) is 2.25. The van der Waals surface area contributed by atoms with Crippen molar-refractivity contribution in [2.45, 2.75) is 6.42 Å². The molecule has 0 atom stereocenters. The van der Waals surface area contributed by atoms with Gasteiger partial charge in [-0.05, 0) is 39.2 Å². The Morgan fingerprint density at radius 3 is 2.77 bits per heavy atom. The van der Waals surface area contributed by atoms with Crippen LogP contribution < -0.4 is 20.1 Å². The third-order valence-electron chi connectivity index (χ3n) is 3.78. The molecule has 0 aliphatic carbocycles. The average molecular weight is 357 g/mol. The summed E-state index contributed by atoms with van der Waals surface area (Å²) in [4.78, 5) is 22.5. The van der Waals surface area contributed by atoms with Crippen molar-refractivity contribution in [1.82, 2.24) is 20.2 Å². The maximum Gasteiger partial charge on any atom is 0.270 e. The molecule has 1 aliphatic heterocycles. The van der Waals surface area contributed by atoms with Gasteiger partial charge in [-0.25, -0.2) is 9.97 Å². The van der Waals surface area contributed by atoms with Gasteiger partial charge in [0.2, 0.25) is 0 Å². The highest BCUT2D eigenvalue weighted by atomic mass is 16.6. The lowest BCUT2D eigenvalue weighted by Gasteiger charge is -2.19. The van der Waals surface area contributed by atoms with Crippen molar-refractivity contribution >= 4 is 17.4 Å². The predicted octanol–water partition coefficient (Wildman–Crippen LogP) is 1.67. The normalized spacial score (nSPS) is 12.7. The van der Waals surface area contributed by atoms with Crippen LogP contribution in [0.2, 0.25) is 0 Å². The van der Waals surface area contributed by atoms with Gasteiger partial charge in [0.05, 0.1) is 0 Å². The largest absolute Gasteiger partial charge is 0.486 e. The standard InChI is InChI=1S/C18H23N5O3/c1-23(2)7-3-6-19-18(24)14-11-17(21-12-20-14)22-13-4-5-15-16(10-13)26-9-8-25-15/h4-5,10-12H,3,6-9H2,1-2H3,(H,19,24)(H,20,21,22). The average Bonchev–Trinajstić information content (AvgIpc) is 2.65. The summed E-state index contributed by atoms with van der Waals surface area (Å²) in [7, 11) is 4.00. The number of benzene rings is 1. The molecule has 2 heterocycles. The molecule has 0 unspecified atom stereocenters. The van der Waals surface area contributed by atoms with Gasteiger partial charge in [0.25, 0.3) is 5.91 Å². The Bertz CT molecular complexity index is 766. The minimum Gasteiger partial charge on any atom is -0.486 e. The van der Waals surface area contributed by atoms with E-state index in [1.54, 1.807) is 6.07 Å². The zero-order valence-corrected chi connectivity index (χ0v) is 15.0. The lowest BCUT2D eigenvalue weighted by Crippen LogP contribution is -2.27. The number of nitrogens with one attached hydrogen (secondary N) is 2. The number of anilines is 2. The second kappa shape index (κ2) is 8.48. The van der Waals surface area contributed by atoms with E-state index in [0.717, 1.165) is 24.4 Å². The number of amides is 1. The number of aromatic nitrogens is 2. The van der Waals surface area contributed by atoms with E-state index in [0.29, 0.717) is 37.0 Å². The van der Waals surface area contributed by atoms with Gasteiger partial charge in [0.15, 0.2) is 11.5 Å². The highest BCUT2D eigenvalue weighted by Crippen LogP contribution is 2.33. The van der Waals surface area contributed by atoms with Crippen LogP contribution in [0.4, 0.5) is 11.5 Å². The zero-order valence-electron chi connectivity index (χ0n) is 15.0. The molecule has 0 radical (unpaired) electrons. The molecule has 0 bridgehead atoms. The third-order valence-corrected chi connectivity index (χ3v) is 3.78. The minimum absolute atomic E-state index is 0.212. The number of carbonyl (C=O) groups is 1. The maximum atomic E-state index is 12.2. The van der Waals surface area contributed by atoms with Crippen molar-refractivity contribution in [3.63, 3.8) is 0 Å². The lowest BCUT2D eigenvalue weighted by molar-refractivity contribution is 0.0947. The molecule has 1 aromatic carbocycles. The maximum absolute atomic E-state index is 12.2. The Morgan fingerprint density at radius 2 is 1.96 bits per heavy atom. The van der Waals surface area contributed by atoms with Crippen LogP contribution in [0.1, 0.15) is 16.9 Å². The fourth-order valence-corrected chi connectivity index (χ4v) is 2.51. The van der Waals surface area contributed by atoms with E-state index >= 15 is 0 Å². The van der Waals surface area contributed by atoms with Crippen LogP contribution in [-0.2, 0) is 0 Å². The second-order valence-corrected chi connectivity index (χ2v) is 6.18. The summed E-state index contributed by atoms with van der Waals surface area (Å²) < 4.78 is 11.1. The van der Waals surface area contributed by atoms with Crippen molar-refractivity contribution in [2.24, 2.45) is 0 Å². The molecule has 0 spiro atoms. The Morgan fingerprint density at radius 1 is 1.15 bits per heavy atom. The molecule has 8 heteroatoms. The molecular weight excluding hydrogens is 334 g/mol. The molecule has 0 saturated carbocycles. The van der Waals surface area contributed by atoms with Crippen LogP contribution in [0, 0.1) is 0 Å². The van der Waals surface area contributed by atoms with Gasteiger partial charge in [-0.3, -0.25) is 4.79 Å². The van der Waals surface area contributed by atoms with Gasteiger partial charge < -0.3 is 25.0 Å². The van der Waals surface area contributed by atoms with Gasteiger partial charge in [-0.2, -0.15) is 0 Å². The van der Waals surface area contributed by atoms with E-state index in [4.69, 9.17) is 9.47 Å². The topological polar surface area (TPSA) is 88.6 Å². The Hall–Kier alpha value is -2.87. The summed E-state index contributed by atoms with van der Waals surface area (Å²) in [5, 5.41) is 6.02. The smallest absolute Gasteiger partial charge is 0.270 e. The van der Waals surface area contributed by atoms with Gasteiger partial charge in [0, 0.05) is 24.4 Å². The van der Waals surface area contributed by atoms with Crippen molar-refractivity contribution < 1.29 is 14.3 Å². The van der Waals surface area contributed by atoms with Crippen LogP contribution in [0.3, 0.4) is 0 Å². The number of fused-ring (bicyclic) bond motifs is 1. The quantitative estimate of drug-likeness (QED) is 0.729. The molecule has 1 amide bonds. The summed E-state index contributed by atoms with van der Waals surface area (Å²) in [5.74, 6) is 1.74. The van der Waals surface area contributed by atoms with Crippen molar-refractivity contribution in [1.29, 1.82) is 0 Å².